The molecule has 0 N–H and O–H groups in total. The van der Waals surface area contributed by atoms with Crippen LogP contribution in [0.3, 0.4) is 0 Å². The largest absolute Gasteiger partial charge is 0.492 e. The number of ether oxygens (including phenoxy) is 1. The van der Waals surface area contributed by atoms with E-state index in [0.29, 0.717) is 24.5 Å². The second-order valence-corrected chi connectivity index (χ2v) is 3.70. The zero-order valence-corrected chi connectivity index (χ0v) is 9.67. The highest BCUT2D eigenvalue weighted by atomic mass is 16.5. The van der Waals surface area contributed by atoms with Crippen LogP contribution < -0.4 is 4.74 Å². The van der Waals surface area contributed by atoms with Crippen LogP contribution in [0.15, 0.2) is 42.7 Å². The fourth-order valence-corrected chi connectivity index (χ4v) is 1.49. The Morgan fingerprint density at radius 2 is 2.29 bits per heavy atom. The van der Waals surface area contributed by atoms with Gasteiger partial charge in [0.05, 0.1) is 6.54 Å². The van der Waals surface area contributed by atoms with Gasteiger partial charge < -0.3 is 4.74 Å². The van der Waals surface area contributed by atoms with Crippen LogP contribution in [0.2, 0.25) is 0 Å². The number of hydrogen-bond acceptors (Lipinski definition) is 3. The fraction of sp³-hybridized carbons (Fsp3) is 0.231. The summed E-state index contributed by atoms with van der Waals surface area (Å²) in [7, 11) is 0. The summed E-state index contributed by atoms with van der Waals surface area (Å²) < 4.78 is 7.36. The Kier molecular flexibility index (Phi) is 3.55. The van der Waals surface area contributed by atoms with E-state index in [1.54, 1.807) is 29.9 Å². The highest BCUT2D eigenvalue weighted by Crippen LogP contribution is 2.13. The van der Waals surface area contributed by atoms with Gasteiger partial charge in [-0.2, -0.15) is 5.10 Å². The number of hydrogen-bond donors (Lipinski definition) is 0. The molecule has 17 heavy (non-hydrogen) atoms. The molecule has 0 saturated carbocycles. The van der Waals surface area contributed by atoms with Crippen LogP contribution in [0.5, 0.6) is 5.75 Å². The Hall–Kier alpha value is -2.10. The molecule has 1 aromatic heterocycles. The third-order valence-electron chi connectivity index (χ3n) is 2.39. The average Bonchev–Trinajstić information content (AvgIpc) is 2.82. The molecule has 0 amide bonds. The molecule has 0 saturated heterocycles. The number of benzene rings is 1. The Bertz CT molecular complexity index is 492. The van der Waals surface area contributed by atoms with Gasteiger partial charge in [0.15, 0.2) is 5.78 Å². The SMILES string of the molecule is CC(=O)c1cccc(OCCn2cccn2)c1. The van der Waals surface area contributed by atoms with E-state index < -0.39 is 0 Å². The molecule has 0 atom stereocenters. The number of aromatic nitrogens is 2. The maximum atomic E-state index is 11.2. The Balaban J connectivity index is 1.90. The normalized spacial score (nSPS) is 10.2. The van der Waals surface area contributed by atoms with Gasteiger partial charge in [-0.3, -0.25) is 9.48 Å². The summed E-state index contributed by atoms with van der Waals surface area (Å²) in [6.45, 7) is 2.77. The predicted molar refractivity (Wildman–Crippen MR) is 64.2 cm³/mol. The summed E-state index contributed by atoms with van der Waals surface area (Å²) >= 11 is 0. The lowest BCUT2D eigenvalue weighted by molar-refractivity contribution is 0.101. The first-order chi connectivity index (χ1) is 8.25. The molecule has 88 valence electrons. The predicted octanol–water partition coefficient (Wildman–Crippen LogP) is 2.16. The second-order valence-electron chi connectivity index (χ2n) is 3.70. The zero-order valence-electron chi connectivity index (χ0n) is 9.67. The minimum absolute atomic E-state index is 0.0440. The lowest BCUT2D eigenvalue weighted by atomic mass is 10.1. The smallest absolute Gasteiger partial charge is 0.159 e. The first-order valence-electron chi connectivity index (χ1n) is 5.47. The fourth-order valence-electron chi connectivity index (χ4n) is 1.49. The van der Waals surface area contributed by atoms with Gasteiger partial charge in [0.1, 0.15) is 12.4 Å². The summed E-state index contributed by atoms with van der Waals surface area (Å²) in [5.41, 5.74) is 0.668. The monoisotopic (exact) mass is 230 g/mol. The van der Waals surface area contributed by atoms with Crippen molar-refractivity contribution in [3.05, 3.63) is 48.3 Å². The highest BCUT2D eigenvalue weighted by Gasteiger charge is 2.01. The number of nitrogens with zero attached hydrogens (tertiary/aromatic N) is 2. The van der Waals surface area contributed by atoms with E-state index in [0.717, 1.165) is 0 Å². The summed E-state index contributed by atoms with van der Waals surface area (Å²) in [5, 5.41) is 4.08. The van der Waals surface area contributed by atoms with Crippen molar-refractivity contribution in [3.63, 3.8) is 0 Å². The summed E-state index contributed by atoms with van der Waals surface area (Å²) in [6, 6.07) is 9.07. The van der Waals surface area contributed by atoms with E-state index in [-0.39, 0.29) is 5.78 Å². The van der Waals surface area contributed by atoms with E-state index in [2.05, 4.69) is 5.10 Å². The van der Waals surface area contributed by atoms with Crippen molar-refractivity contribution in [1.82, 2.24) is 9.78 Å². The van der Waals surface area contributed by atoms with Gasteiger partial charge in [-0.25, -0.2) is 0 Å². The van der Waals surface area contributed by atoms with Crippen molar-refractivity contribution in [2.24, 2.45) is 0 Å². The molecule has 4 nitrogen and oxygen atoms in total. The molecule has 0 aliphatic heterocycles. The number of rotatable bonds is 5. The number of carbonyl (C=O) groups is 1. The molecule has 1 heterocycles. The van der Waals surface area contributed by atoms with Gasteiger partial charge in [0, 0.05) is 18.0 Å². The van der Waals surface area contributed by atoms with Crippen LogP contribution in [-0.2, 0) is 6.54 Å². The van der Waals surface area contributed by atoms with Crippen molar-refractivity contribution in [2.75, 3.05) is 6.61 Å². The Morgan fingerprint density at radius 3 is 3.00 bits per heavy atom. The van der Waals surface area contributed by atoms with E-state index in [9.17, 15) is 4.79 Å². The van der Waals surface area contributed by atoms with Gasteiger partial charge in [-0.1, -0.05) is 12.1 Å². The van der Waals surface area contributed by atoms with Gasteiger partial charge in [-0.05, 0) is 25.1 Å². The van der Waals surface area contributed by atoms with Gasteiger partial charge in [-0.15, -0.1) is 0 Å². The van der Waals surface area contributed by atoms with Crippen LogP contribution >= 0.6 is 0 Å². The summed E-state index contributed by atoms with van der Waals surface area (Å²) in [4.78, 5) is 11.2. The standard InChI is InChI=1S/C13H14N2O2/c1-11(16)12-4-2-5-13(10-12)17-9-8-15-7-3-6-14-15/h2-7,10H,8-9H2,1H3. The van der Waals surface area contributed by atoms with Crippen LogP contribution in [0, 0.1) is 0 Å². The molecule has 1 aromatic carbocycles. The van der Waals surface area contributed by atoms with Crippen molar-refractivity contribution in [2.45, 2.75) is 13.5 Å². The molecule has 0 spiro atoms. The van der Waals surface area contributed by atoms with E-state index in [4.69, 9.17) is 4.74 Å². The van der Waals surface area contributed by atoms with Gasteiger partial charge >= 0.3 is 0 Å². The lowest BCUT2D eigenvalue weighted by Gasteiger charge is -2.07. The number of Topliss-reactive ketones (excluding diaryl/α,β-unsaturated/α-hetero) is 1. The minimum Gasteiger partial charge on any atom is -0.492 e. The van der Waals surface area contributed by atoms with E-state index >= 15 is 0 Å². The first-order valence-corrected chi connectivity index (χ1v) is 5.47. The molecule has 0 bridgehead atoms. The average molecular weight is 230 g/mol. The topological polar surface area (TPSA) is 44.1 Å². The third-order valence-corrected chi connectivity index (χ3v) is 2.39. The highest BCUT2D eigenvalue weighted by molar-refractivity contribution is 5.94. The Morgan fingerprint density at radius 1 is 1.41 bits per heavy atom. The maximum Gasteiger partial charge on any atom is 0.159 e. The second kappa shape index (κ2) is 5.30. The van der Waals surface area contributed by atoms with Crippen molar-refractivity contribution < 1.29 is 9.53 Å². The molecule has 4 heteroatoms. The van der Waals surface area contributed by atoms with Gasteiger partial charge in [0.2, 0.25) is 0 Å². The summed E-state index contributed by atoms with van der Waals surface area (Å²) in [5.74, 6) is 0.757. The van der Waals surface area contributed by atoms with Crippen LogP contribution in [0.25, 0.3) is 0 Å². The molecule has 0 aliphatic rings. The van der Waals surface area contributed by atoms with Gasteiger partial charge in [0.25, 0.3) is 0 Å². The number of ketones is 1. The molecule has 2 rings (SSSR count). The molecular formula is C13H14N2O2. The van der Waals surface area contributed by atoms with Crippen molar-refractivity contribution in [3.8, 4) is 5.75 Å². The Labute approximate surface area is 99.8 Å². The maximum absolute atomic E-state index is 11.2. The van der Waals surface area contributed by atoms with Crippen LogP contribution in [0.4, 0.5) is 0 Å². The lowest BCUT2D eigenvalue weighted by Crippen LogP contribution is -2.08. The molecule has 0 radical (unpaired) electrons. The molecule has 0 aliphatic carbocycles. The number of carbonyl (C=O) groups excluding carboxylic acids is 1. The minimum atomic E-state index is 0.0440. The van der Waals surface area contributed by atoms with Crippen molar-refractivity contribution >= 4 is 5.78 Å². The first kappa shape index (κ1) is 11.4. The van der Waals surface area contributed by atoms with E-state index in [1.165, 1.54) is 0 Å². The molecule has 2 aromatic rings. The third kappa shape index (κ3) is 3.17. The van der Waals surface area contributed by atoms with E-state index in [1.807, 2.05) is 24.4 Å². The van der Waals surface area contributed by atoms with Crippen molar-refractivity contribution in [1.29, 1.82) is 0 Å². The molecular weight excluding hydrogens is 216 g/mol. The van der Waals surface area contributed by atoms with Crippen LogP contribution in [-0.4, -0.2) is 22.2 Å². The molecule has 0 unspecified atom stereocenters. The summed E-state index contributed by atoms with van der Waals surface area (Å²) in [6.07, 6.45) is 3.62. The zero-order chi connectivity index (χ0) is 12.1. The molecule has 0 fully saturated rings. The quantitative estimate of drug-likeness (QED) is 0.739. The van der Waals surface area contributed by atoms with Crippen LogP contribution in [0.1, 0.15) is 17.3 Å².